The Balaban J connectivity index is 0. The van der Waals surface area contributed by atoms with Crippen LogP contribution in [0.2, 0.25) is 0 Å². The maximum Gasteiger partial charge on any atom is 0.401 e. The summed E-state index contributed by atoms with van der Waals surface area (Å²) in [7, 11) is 0. The number of alkyl halides is 3. The summed E-state index contributed by atoms with van der Waals surface area (Å²) in [6, 6.07) is -0.589. The van der Waals surface area contributed by atoms with Crippen LogP contribution in [-0.4, -0.2) is 60.6 Å². The van der Waals surface area contributed by atoms with Crippen molar-refractivity contribution in [3.8, 4) is 0 Å². The molecule has 1 amide bonds. The lowest BCUT2D eigenvalue weighted by molar-refractivity contribution is -0.152. The van der Waals surface area contributed by atoms with Crippen molar-refractivity contribution in [2.24, 2.45) is 5.73 Å². The first-order chi connectivity index (χ1) is 7.29. The van der Waals surface area contributed by atoms with Crippen LogP contribution in [0.5, 0.6) is 0 Å². The van der Waals surface area contributed by atoms with E-state index in [4.69, 9.17) is 5.73 Å². The molecule has 1 saturated heterocycles. The van der Waals surface area contributed by atoms with Gasteiger partial charge in [0.05, 0.1) is 12.6 Å². The summed E-state index contributed by atoms with van der Waals surface area (Å²) in [5.41, 5.74) is 5.42. The van der Waals surface area contributed by atoms with Gasteiger partial charge < -0.3 is 10.6 Å². The number of piperazine rings is 1. The zero-order valence-electron chi connectivity index (χ0n) is 9.94. The Hall–Kier alpha value is -0.240. The number of amides is 1. The van der Waals surface area contributed by atoms with Crippen molar-refractivity contribution in [3.63, 3.8) is 0 Å². The average molecular weight is 312 g/mol. The quantitative estimate of drug-likeness (QED) is 0.824. The molecule has 0 spiro atoms. The predicted molar refractivity (Wildman–Crippen MR) is 67.2 cm³/mol. The molecule has 1 aliphatic heterocycles. The van der Waals surface area contributed by atoms with Gasteiger partial charge in [-0.3, -0.25) is 9.69 Å². The second-order valence-electron chi connectivity index (χ2n) is 4.01. The highest BCUT2D eigenvalue weighted by Gasteiger charge is 2.33. The number of carbonyl (C=O) groups excluding carboxylic acids is 1. The first kappa shape index (κ1) is 20.1. The van der Waals surface area contributed by atoms with Crippen LogP contribution in [0.1, 0.15) is 6.92 Å². The van der Waals surface area contributed by atoms with Crippen molar-refractivity contribution >= 4 is 30.7 Å². The van der Waals surface area contributed by atoms with Gasteiger partial charge in [0.15, 0.2) is 0 Å². The van der Waals surface area contributed by atoms with Gasteiger partial charge in [0, 0.05) is 26.2 Å². The maximum atomic E-state index is 12.1. The van der Waals surface area contributed by atoms with E-state index in [2.05, 4.69) is 0 Å². The molecule has 1 rings (SSSR count). The molecule has 0 bridgehead atoms. The van der Waals surface area contributed by atoms with E-state index in [-0.39, 0.29) is 43.8 Å². The molecule has 18 heavy (non-hydrogen) atoms. The second-order valence-corrected chi connectivity index (χ2v) is 4.01. The highest BCUT2D eigenvalue weighted by atomic mass is 35.5. The van der Waals surface area contributed by atoms with Gasteiger partial charge in [-0.15, -0.1) is 24.8 Å². The lowest BCUT2D eigenvalue weighted by Crippen LogP contribution is -2.53. The summed E-state index contributed by atoms with van der Waals surface area (Å²) in [4.78, 5) is 14.3. The summed E-state index contributed by atoms with van der Waals surface area (Å²) >= 11 is 0. The molecular weight excluding hydrogens is 294 g/mol. The van der Waals surface area contributed by atoms with Crippen LogP contribution in [0.4, 0.5) is 13.2 Å². The summed E-state index contributed by atoms with van der Waals surface area (Å²) in [5, 5.41) is 0. The smallest absolute Gasteiger partial charge is 0.339 e. The first-order valence-corrected chi connectivity index (χ1v) is 5.13. The molecule has 0 aromatic rings. The Bertz CT molecular complexity index is 256. The van der Waals surface area contributed by atoms with E-state index in [0.717, 1.165) is 0 Å². The van der Waals surface area contributed by atoms with E-state index >= 15 is 0 Å². The van der Waals surface area contributed by atoms with Crippen molar-refractivity contribution in [1.82, 2.24) is 9.80 Å². The highest BCUT2D eigenvalue weighted by molar-refractivity contribution is 5.85. The van der Waals surface area contributed by atoms with Crippen LogP contribution in [-0.2, 0) is 4.79 Å². The van der Waals surface area contributed by atoms with Gasteiger partial charge in [0.25, 0.3) is 0 Å². The van der Waals surface area contributed by atoms with Crippen molar-refractivity contribution < 1.29 is 18.0 Å². The molecule has 1 fully saturated rings. The maximum absolute atomic E-state index is 12.1. The Kier molecular flexibility index (Phi) is 8.97. The first-order valence-electron chi connectivity index (χ1n) is 5.13. The molecule has 2 N–H and O–H groups in total. The van der Waals surface area contributed by atoms with Gasteiger partial charge >= 0.3 is 6.18 Å². The van der Waals surface area contributed by atoms with Gasteiger partial charge in [-0.2, -0.15) is 13.2 Å². The van der Waals surface area contributed by atoms with Gasteiger partial charge in [-0.25, -0.2) is 0 Å². The van der Waals surface area contributed by atoms with Crippen molar-refractivity contribution in [3.05, 3.63) is 0 Å². The molecule has 1 aliphatic rings. The number of rotatable bonds is 2. The summed E-state index contributed by atoms with van der Waals surface area (Å²) < 4.78 is 36.2. The normalized spacial score (nSPS) is 18.6. The van der Waals surface area contributed by atoms with Gasteiger partial charge in [0.1, 0.15) is 0 Å². The van der Waals surface area contributed by atoms with Crippen LogP contribution in [0.15, 0.2) is 0 Å². The number of nitrogens with zero attached hydrogens (tertiary/aromatic N) is 2. The minimum Gasteiger partial charge on any atom is -0.339 e. The lowest BCUT2D eigenvalue weighted by atomic mass is 10.2. The Morgan fingerprint density at radius 1 is 1.22 bits per heavy atom. The molecule has 0 saturated carbocycles. The molecule has 1 heterocycles. The minimum absolute atomic E-state index is 0. The van der Waals surface area contributed by atoms with E-state index in [9.17, 15) is 18.0 Å². The fourth-order valence-corrected chi connectivity index (χ4v) is 1.67. The van der Waals surface area contributed by atoms with Crippen molar-refractivity contribution in [2.45, 2.75) is 19.1 Å². The lowest BCUT2D eigenvalue weighted by Gasteiger charge is -2.35. The predicted octanol–water partition coefficient (Wildman–Crippen LogP) is 0.884. The van der Waals surface area contributed by atoms with E-state index in [1.807, 2.05) is 0 Å². The number of nitrogens with two attached hydrogens (primary N) is 1. The molecule has 0 aliphatic carbocycles. The van der Waals surface area contributed by atoms with Crippen LogP contribution in [0, 0.1) is 0 Å². The Morgan fingerprint density at radius 3 is 2.00 bits per heavy atom. The van der Waals surface area contributed by atoms with Crippen molar-refractivity contribution in [1.29, 1.82) is 0 Å². The topological polar surface area (TPSA) is 49.6 Å². The standard InChI is InChI=1S/C9H16F3N3O.2ClH/c1-7(13)8(16)15-4-2-14(3-5-15)6-9(10,11)12;;/h7H,2-6,13H2,1H3;2*1H/t7-;;/m0../s1. The third-order valence-corrected chi connectivity index (χ3v) is 2.48. The molecular formula is C9H18Cl2F3N3O. The van der Waals surface area contributed by atoms with Gasteiger partial charge in [-0.05, 0) is 6.92 Å². The summed E-state index contributed by atoms with van der Waals surface area (Å²) in [6.45, 7) is 1.79. The van der Waals surface area contributed by atoms with Gasteiger partial charge in [-0.1, -0.05) is 0 Å². The highest BCUT2D eigenvalue weighted by Crippen LogP contribution is 2.17. The van der Waals surface area contributed by atoms with E-state index in [1.165, 1.54) is 9.80 Å². The monoisotopic (exact) mass is 311 g/mol. The fraction of sp³-hybridized carbons (Fsp3) is 0.889. The van der Waals surface area contributed by atoms with Crippen LogP contribution < -0.4 is 5.73 Å². The van der Waals surface area contributed by atoms with E-state index < -0.39 is 18.8 Å². The summed E-state index contributed by atoms with van der Waals surface area (Å²) in [6.07, 6.45) is -4.17. The van der Waals surface area contributed by atoms with Crippen LogP contribution >= 0.6 is 24.8 Å². The Morgan fingerprint density at radius 2 is 1.67 bits per heavy atom. The fourth-order valence-electron chi connectivity index (χ4n) is 1.67. The minimum atomic E-state index is -4.17. The molecule has 9 heteroatoms. The number of carbonyl (C=O) groups is 1. The van der Waals surface area contributed by atoms with Crippen LogP contribution in [0.3, 0.4) is 0 Å². The van der Waals surface area contributed by atoms with Crippen molar-refractivity contribution in [2.75, 3.05) is 32.7 Å². The van der Waals surface area contributed by atoms with E-state index in [1.54, 1.807) is 6.92 Å². The largest absolute Gasteiger partial charge is 0.401 e. The molecule has 110 valence electrons. The zero-order chi connectivity index (χ0) is 12.3. The molecule has 0 aromatic carbocycles. The molecule has 4 nitrogen and oxygen atoms in total. The SMILES string of the molecule is C[C@H](N)C(=O)N1CCN(CC(F)(F)F)CC1.Cl.Cl. The average Bonchev–Trinajstić information content (AvgIpc) is 2.15. The second kappa shape index (κ2) is 8.04. The molecule has 0 unspecified atom stereocenters. The molecule has 0 radical (unpaired) electrons. The molecule has 1 atom stereocenters. The Labute approximate surface area is 116 Å². The summed E-state index contributed by atoms with van der Waals surface area (Å²) in [5.74, 6) is -0.202. The third kappa shape index (κ3) is 6.63. The number of halogens is 5. The molecule has 0 aromatic heterocycles. The third-order valence-electron chi connectivity index (χ3n) is 2.48. The number of hydrogen-bond donors (Lipinski definition) is 1. The zero-order valence-corrected chi connectivity index (χ0v) is 11.6. The van der Waals surface area contributed by atoms with E-state index in [0.29, 0.717) is 13.1 Å². The number of hydrogen-bond acceptors (Lipinski definition) is 3. The van der Waals surface area contributed by atoms with Crippen LogP contribution in [0.25, 0.3) is 0 Å². The van der Waals surface area contributed by atoms with Gasteiger partial charge in [0.2, 0.25) is 5.91 Å².